The van der Waals surface area contributed by atoms with E-state index in [4.69, 9.17) is 5.73 Å². The van der Waals surface area contributed by atoms with Crippen molar-refractivity contribution in [3.63, 3.8) is 0 Å². The fourth-order valence-electron chi connectivity index (χ4n) is 3.15. The number of anilines is 2. The monoisotopic (exact) mass is 262 g/mol. The van der Waals surface area contributed by atoms with E-state index in [2.05, 4.69) is 42.6 Å². The van der Waals surface area contributed by atoms with Gasteiger partial charge in [0.05, 0.1) is 0 Å². The number of hydrogen-bond donors (Lipinski definition) is 1. The van der Waals surface area contributed by atoms with Crippen molar-refractivity contribution in [2.45, 2.75) is 52.9 Å². The summed E-state index contributed by atoms with van der Waals surface area (Å²) in [4.78, 5) is 11.1. The zero-order valence-corrected chi connectivity index (χ0v) is 12.6. The molecule has 2 N–H and O–H groups in total. The minimum atomic E-state index is 0.356. The van der Waals surface area contributed by atoms with Crippen LogP contribution in [0.15, 0.2) is 6.33 Å². The van der Waals surface area contributed by atoms with Gasteiger partial charge in [0.25, 0.3) is 0 Å². The van der Waals surface area contributed by atoms with Crippen LogP contribution in [0.4, 0.5) is 11.6 Å². The van der Waals surface area contributed by atoms with E-state index < -0.39 is 0 Å². The van der Waals surface area contributed by atoms with Crippen molar-refractivity contribution in [1.29, 1.82) is 0 Å². The lowest BCUT2D eigenvalue weighted by Crippen LogP contribution is -2.28. The first-order valence-electron chi connectivity index (χ1n) is 7.38. The summed E-state index contributed by atoms with van der Waals surface area (Å²) >= 11 is 0. The van der Waals surface area contributed by atoms with Crippen LogP contribution >= 0.6 is 0 Å². The molecule has 1 aromatic rings. The largest absolute Gasteiger partial charge is 0.383 e. The summed E-state index contributed by atoms with van der Waals surface area (Å²) in [6.07, 6.45) is 5.31. The number of nitrogens with zero attached hydrogens (tertiary/aromatic N) is 3. The van der Waals surface area contributed by atoms with Gasteiger partial charge in [-0.05, 0) is 30.6 Å². The van der Waals surface area contributed by atoms with Crippen molar-refractivity contribution in [3.8, 4) is 0 Å². The summed E-state index contributed by atoms with van der Waals surface area (Å²) in [5.74, 6) is 2.03. The van der Waals surface area contributed by atoms with Crippen LogP contribution < -0.4 is 10.6 Å². The minimum absolute atomic E-state index is 0.356. The van der Waals surface area contributed by atoms with Crippen molar-refractivity contribution in [2.75, 3.05) is 23.7 Å². The van der Waals surface area contributed by atoms with Gasteiger partial charge in [-0.15, -0.1) is 0 Å². The average molecular weight is 262 g/mol. The fraction of sp³-hybridized carbons (Fsp3) is 0.733. The molecular formula is C15H26N4. The Kier molecular flexibility index (Phi) is 3.97. The van der Waals surface area contributed by atoms with E-state index in [0.717, 1.165) is 24.5 Å². The molecule has 106 valence electrons. The first-order chi connectivity index (χ1) is 9.03. The van der Waals surface area contributed by atoms with Crippen molar-refractivity contribution >= 4 is 11.6 Å². The number of hydrogen-bond acceptors (Lipinski definition) is 4. The second kappa shape index (κ2) is 5.35. The molecular weight excluding hydrogens is 236 g/mol. The highest BCUT2D eigenvalue weighted by Crippen LogP contribution is 2.40. The molecule has 0 aromatic carbocycles. The fourth-order valence-corrected chi connectivity index (χ4v) is 3.15. The molecule has 0 amide bonds. The lowest BCUT2D eigenvalue weighted by molar-refractivity contribution is 0.301. The van der Waals surface area contributed by atoms with Crippen LogP contribution in [0.5, 0.6) is 0 Å². The van der Waals surface area contributed by atoms with Crippen LogP contribution in [0, 0.1) is 5.41 Å². The predicted octanol–water partition coefficient (Wildman–Crippen LogP) is 3.20. The standard InChI is InChI=1S/C15H26N4/c1-5-15(6-2)7-8-19(9-15)14-12(11(3)4)13(16)17-10-18-14/h10-11H,5-9H2,1-4H3,(H2,16,17,18). The number of rotatable bonds is 4. The first-order valence-corrected chi connectivity index (χ1v) is 7.38. The topological polar surface area (TPSA) is 55.0 Å². The smallest absolute Gasteiger partial charge is 0.137 e. The van der Waals surface area contributed by atoms with Gasteiger partial charge in [-0.25, -0.2) is 9.97 Å². The van der Waals surface area contributed by atoms with Crippen LogP contribution in [-0.4, -0.2) is 23.1 Å². The van der Waals surface area contributed by atoms with Gasteiger partial charge in [-0.3, -0.25) is 0 Å². The van der Waals surface area contributed by atoms with Gasteiger partial charge in [0.2, 0.25) is 0 Å². The lowest BCUT2D eigenvalue weighted by Gasteiger charge is -2.28. The molecule has 1 aromatic heterocycles. The normalized spacial score (nSPS) is 18.3. The third-order valence-corrected chi connectivity index (χ3v) is 4.71. The molecule has 19 heavy (non-hydrogen) atoms. The maximum Gasteiger partial charge on any atom is 0.137 e. The van der Waals surface area contributed by atoms with Gasteiger partial charge in [0, 0.05) is 18.7 Å². The zero-order valence-electron chi connectivity index (χ0n) is 12.6. The summed E-state index contributed by atoms with van der Waals surface area (Å²) in [6, 6.07) is 0. The Morgan fingerprint density at radius 3 is 2.53 bits per heavy atom. The molecule has 0 saturated carbocycles. The van der Waals surface area contributed by atoms with Crippen LogP contribution in [0.25, 0.3) is 0 Å². The highest BCUT2D eigenvalue weighted by atomic mass is 15.2. The molecule has 0 unspecified atom stereocenters. The van der Waals surface area contributed by atoms with E-state index in [1.54, 1.807) is 6.33 Å². The van der Waals surface area contributed by atoms with E-state index in [1.807, 2.05) is 0 Å². The van der Waals surface area contributed by atoms with Crippen LogP contribution in [0.3, 0.4) is 0 Å². The Bertz CT molecular complexity index is 438. The van der Waals surface area contributed by atoms with Gasteiger partial charge in [-0.2, -0.15) is 0 Å². The van der Waals surface area contributed by atoms with Gasteiger partial charge in [0.15, 0.2) is 0 Å². The second-order valence-electron chi connectivity index (χ2n) is 6.03. The molecule has 4 heteroatoms. The number of aromatic nitrogens is 2. The maximum atomic E-state index is 6.04. The quantitative estimate of drug-likeness (QED) is 0.905. The molecule has 2 rings (SSSR count). The molecule has 0 bridgehead atoms. The minimum Gasteiger partial charge on any atom is -0.383 e. The highest BCUT2D eigenvalue weighted by Gasteiger charge is 2.36. The van der Waals surface area contributed by atoms with E-state index in [1.165, 1.54) is 19.3 Å². The van der Waals surface area contributed by atoms with Gasteiger partial charge in [0.1, 0.15) is 18.0 Å². The predicted molar refractivity (Wildman–Crippen MR) is 80.4 cm³/mol. The SMILES string of the molecule is CCC1(CC)CCN(c2ncnc(N)c2C(C)C)C1. The van der Waals surface area contributed by atoms with E-state index in [-0.39, 0.29) is 0 Å². The van der Waals surface area contributed by atoms with E-state index in [9.17, 15) is 0 Å². The van der Waals surface area contributed by atoms with Crippen molar-refractivity contribution < 1.29 is 0 Å². The summed E-state index contributed by atoms with van der Waals surface area (Å²) in [7, 11) is 0. The molecule has 1 aliphatic rings. The van der Waals surface area contributed by atoms with Gasteiger partial charge >= 0.3 is 0 Å². The van der Waals surface area contributed by atoms with E-state index >= 15 is 0 Å². The van der Waals surface area contributed by atoms with Gasteiger partial charge < -0.3 is 10.6 Å². The molecule has 0 radical (unpaired) electrons. The Hall–Kier alpha value is -1.32. The maximum absolute atomic E-state index is 6.04. The molecule has 1 saturated heterocycles. The van der Waals surface area contributed by atoms with Gasteiger partial charge in [-0.1, -0.05) is 27.7 Å². The second-order valence-corrected chi connectivity index (χ2v) is 6.03. The van der Waals surface area contributed by atoms with Crippen LogP contribution in [-0.2, 0) is 0 Å². The molecule has 0 spiro atoms. The highest BCUT2D eigenvalue weighted by molar-refractivity contribution is 5.58. The number of nitrogens with two attached hydrogens (primary N) is 1. The van der Waals surface area contributed by atoms with E-state index in [0.29, 0.717) is 17.2 Å². The summed E-state index contributed by atoms with van der Waals surface area (Å²) < 4.78 is 0. The lowest BCUT2D eigenvalue weighted by atomic mass is 9.82. The molecule has 0 atom stereocenters. The zero-order chi connectivity index (χ0) is 14.0. The average Bonchev–Trinajstić information content (AvgIpc) is 2.83. The van der Waals surface area contributed by atoms with Crippen LogP contribution in [0.1, 0.15) is 58.4 Å². The summed E-state index contributed by atoms with van der Waals surface area (Å²) in [5, 5.41) is 0. The molecule has 0 aliphatic carbocycles. The Morgan fingerprint density at radius 2 is 2.00 bits per heavy atom. The number of nitrogen functional groups attached to an aromatic ring is 1. The third kappa shape index (κ3) is 2.53. The molecule has 1 aliphatic heterocycles. The first kappa shape index (κ1) is 14.1. The molecule has 1 fully saturated rings. The summed E-state index contributed by atoms with van der Waals surface area (Å²) in [5.41, 5.74) is 7.60. The summed E-state index contributed by atoms with van der Waals surface area (Å²) in [6.45, 7) is 11.1. The Labute approximate surface area is 116 Å². The van der Waals surface area contributed by atoms with Crippen molar-refractivity contribution in [2.24, 2.45) is 5.41 Å². The van der Waals surface area contributed by atoms with Crippen molar-refractivity contribution in [3.05, 3.63) is 11.9 Å². The Morgan fingerprint density at radius 1 is 1.32 bits per heavy atom. The molecule has 4 nitrogen and oxygen atoms in total. The Balaban J connectivity index is 2.32. The van der Waals surface area contributed by atoms with Crippen LogP contribution in [0.2, 0.25) is 0 Å². The van der Waals surface area contributed by atoms with Crippen molar-refractivity contribution in [1.82, 2.24) is 9.97 Å². The third-order valence-electron chi connectivity index (χ3n) is 4.71. The molecule has 2 heterocycles.